The lowest BCUT2D eigenvalue weighted by Crippen LogP contribution is -2.40. The molecule has 0 amide bonds. The summed E-state index contributed by atoms with van der Waals surface area (Å²) < 4.78 is 32.9. The van der Waals surface area contributed by atoms with Crippen molar-refractivity contribution in [2.45, 2.75) is 37.6 Å². The Hall–Kier alpha value is -1.12. The van der Waals surface area contributed by atoms with E-state index in [0.717, 1.165) is 0 Å². The summed E-state index contributed by atoms with van der Waals surface area (Å²) in [5.41, 5.74) is 0. The molecule has 0 aliphatic rings. The van der Waals surface area contributed by atoms with E-state index in [9.17, 15) is 13.2 Å². The monoisotopic (exact) mass is 379 g/mol. The lowest BCUT2D eigenvalue weighted by molar-refractivity contribution is -0.139. The van der Waals surface area contributed by atoms with Crippen molar-refractivity contribution in [3.05, 3.63) is 22.7 Å². The summed E-state index contributed by atoms with van der Waals surface area (Å²) in [6.07, 6.45) is 0.767. The molecule has 0 fully saturated rings. The van der Waals surface area contributed by atoms with E-state index >= 15 is 0 Å². The molecule has 0 aromatic heterocycles. The summed E-state index contributed by atoms with van der Waals surface area (Å²) in [6, 6.07) is 3.41. The van der Waals surface area contributed by atoms with Crippen LogP contribution in [0.3, 0.4) is 0 Å². The van der Waals surface area contributed by atoms with Gasteiger partial charge in [0.1, 0.15) is 16.7 Å². The molecule has 0 spiro atoms. The number of carboxylic acid groups (broad SMARTS) is 1. The van der Waals surface area contributed by atoms with Gasteiger partial charge in [-0.2, -0.15) is 4.72 Å². The summed E-state index contributed by atoms with van der Waals surface area (Å²) in [5.74, 6) is -1.01. The molecule has 1 rings (SSSR count). The minimum absolute atomic E-state index is 0.0823. The third-order valence-corrected chi connectivity index (χ3v) is 4.65. The van der Waals surface area contributed by atoms with Crippen molar-refractivity contribution in [1.29, 1.82) is 0 Å². The topological polar surface area (TPSA) is 92.7 Å². The highest BCUT2D eigenvalue weighted by Gasteiger charge is 2.27. The predicted molar refractivity (Wildman–Crippen MR) is 82.0 cm³/mol. The Labute approximate surface area is 132 Å². The van der Waals surface area contributed by atoms with Crippen LogP contribution in [-0.4, -0.2) is 32.1 Å². The number of nitrogens with one attached hydrogen (secondary N) is 1. The SMILES string of the molecule is CCC[C@H](NS(=O)(=O)c1cc(Br)ccc1OCC)C(=O)O. The van der Waals surface area contributed by atoms with Gasteiger partial charge in [0.2, 0.25) is 10.0 Å². The van der Waals surface area contributed by atoms with E-state index in [1.54, 1.807) is 19.9 Å². The molecule has 118 valence electrons. The summed E-state index contributed by atoms with van der Waals surface area (Å²) in [7, 11) is -3.99. The molecule has 8 heteroatoms. The zero-order chi connectivity index (χ0) is 16.0. The van der Waals surface area contributed by atoms with Crippen molar-refractivity contribution < 1.29 is 23.1 Å². The minimum Gasteiger partial charge on any atom is -0.492 e. The molecule has 0 radical (unpaired) electrons. The van der Waals surface area contributed by atoms with Crippen molar-refractivity contribution in [1.82, 2.24) is 4.72 Å². The van der Waals surface area contributed by atoms with Crippen LogP contribution in [0.15, 0.2) is 27.6 Å². The molecule has 0 aliphatic carbocycles. The highest BCUT2D eigenvalue weighted by molar-refractivity contribution is 9.10. The van der Waals surface area contributed by atoms with Crippen LogP contribution in [0.25, 0.3) is 0 Å². The fourth-order valence-electron chi connectivity index (χ4n) is 1.74. The molecule has 1 aromatic rings. The largest absolute Gasteiger partial charge is 0.492 e. The molecule has 0 saturated heterocycles. The number of rotatable bonds is 8. The lowest BCUT2D eigenvalue weighted by atomic mass is 10.2. The average Bonchev–Trinajstić information content (AvgIpc) is 2.40. The van der Waals surface area contributed by atoms with Crippen LogP contribution >= 0.6 is 15.9 Å². The fourth-order valence-corrected chi connectivity index (χ4v) is 3.65. The smallest absolute Gasteiger partial charge is 0.321 e. The number of halogens is 1. The van der Waals surface area contributed by atoms with Crippen molar-refractivity contribution in [2.24, 2.45) is 0 Å². The Kier molecular flexibility index (Phi) is 6.63. The first-order valence-electron chi connectivity index (χ1n) is 6.49. The third-order valence-electron chi connectivity index (χ3n) is 2.67. The van der Waals surface area contributed by atoms with Crippen molar-refractivity contribution in [3.8, 4) is 5.75 Å². The molecule has 0 heterocycles. The Morgan fingerprint density at radius 2 is 2.10 bits per heavy atom. The molecular formula is C13H18BrNO5S. The van der Waals surface area contributed by atoms with Gasteiger partial charge in [-0.15, -0.1) is 0 Å². The van der Waals surface area contributed by atoms with Crippen LogP contribution in [0.1, 0.15) is 26.7 Å². The van der Waals surface area contributed by atoms with E-state index in [1.807, 2.05) is 0 Å². The van der Waals surface area contributed by atoms with Gasteiger partial charge < -0.3 is 9.84 Å². The van der Waals surface area contributed by atoms with Crippen molar-refractivity contribution in [2.75, 3.05) is 6.61 Å². The third kappa shape index (κ3) is 4.98. The number of ether oxygens (including phenoxy) is 1. The predicted octanol–water partition coefficient (Wildman–Crippen LogP) is 2.38. The van der Waals surface area contributed by atoms with Gasteiger partial charge in [0.05, 0.1) is 6.61 Å². The highest BCUT2D eigenvalue weighted by atomic mass is 79.9. The van der Waals surface area contributed by atoms with Crippen molar-refractivity contribution in [3.63, 3.8) is 0 Å². The van der Waals surface area contributed by atoms with Crippen LogP contribution < -0.4 is 9.46 Å². The van der Waals surface area contributed by atoms with Crippen LogP contribution in [-0.2, 0) is 14.8 Å². The molecule has 0 aliphatic heterocycles. The summed E-state index contributed by atoms with van der Waals surface area (Å²) >= 11 is 3.20. The maximum atomic E-state index is 12.4. The fraction of sp³-hybridized carbons (Fsp3) is 0.462. The minimum atomic E-state index is -3.99. The number of aliphatic carboxylic acids is 1. The first kappa shape index (κ1) is 17.9. The van der Waals surface area contributed by atoms with Gasteiger partial charge in [-0.3, -0.25) is 4.79 Å². The van der Waals surface area contributed by atoms with E-state index in [1.165, 1.54) is 12.1 Å². The zero-order valence-corrected chi connectivity index (χ0v) is 14.2. The van der Waals surface area contributed by atoms with E-state index in [2.05, 4.69) is 20.7 Å². The molecule has 0 unspecified atom stereocenters. The Morgan fingerprint density at radius 1 is 1.43 bits per heavy atom. The molecule has 1 aromatic carbocycles. The van der Waals surface area contributed by atoms with Crippen LogP contribution in [0.2, 0.25) is 0 Å². The van der Waals surface area contributed by atoms with Gasteiger partial charge in [-0.05, 0) is 31.5 Å². The maximum absolute atomic E-state index is 12.4. The number of carboxylic acids is 1. The molecule has 21 heavy (non-hydrogen) atoms. The molecule has 0 saturated carbocycles. The first-order valence-corrected chi connectivity index (χ1v) is 8.77. The van der Waals surface area contributed by atoms with Crippen LogP contribution in [0, 0.1) is 0 Å². The van der Waals surface area contributed by atoms with Gasteiger partial charge in [-0.25, -0.2) is 8.42 Å². The number of carbonyl (C=O) groups is 1. The van der Waals surface area contributed by atoms with Crippen molar-refractivity contribution >= 4 is 31.9 Å². The summed E-state index contributed by atoms with van der Waals surface area (Å²) in [5, 5.41) is 9.07. The molecule has 1 atom stereocenters. The molecule has 6 nitrogen and oxygen atoms in total. The normalized spacial score (nSPS) is 12.9. The molecule has 0 bridgehead atoms. The second-order valence-electron chi connectivity index (χ2n) is 4.32. The highest BCUT2D eigenvalue weighted by Crippen LogP contribution is 2.27. The second kappa shape index (κ2) is 7.77. The number of sulfonamides is 1. The van der Waals surface area contributed by atoms with E-state index in [-0.39, 0.29) is 17.1 Å². The zero-order valence-electron chi connectivity index (χ0n) is 11.8. The van der Waals surface area contributed by atoms with Gasteiger partial charge in [0.25, 0.3) is 0 Å². The molecule has 2 N–H and O–H groups in total. The summed E-state index contributed by atoms with van der Waals surface area (Å²) in [4.78, 5) is 11.0. The number of benzene rings is 1. The summed E-state index contributed by atoms with van der Waals surface area (Å²) in [6.45, 7) is 3.83. The quantitative estimate of drug-likeness (QED) is 0.723. The Balaban J connectivity index is 3.17. The van der Waals surface area contributed by atoms with Gasteiger partial charge in [-0.1, -0.05) is 29.3 Å². The van der Waals surface area contributed by atoms with Crippen LogP contribution in [0.4, 0.5) is 0 Å². The average molecular weight is 380 g/mol. The van der Waals surface area contributed by atoms with Gasteiger partial charge in [0, 0.05) is 4.47 Å². The Morgan fingerprint density at radius 3 is 2.62 bits per heavy atom. The maximum Gasteiger partial charge on any atom is 0.321 e. The first-order chi connectivity index (χ1) is 9.81. The Bertz CT molecular complexity index is 603. The molecular weight excluding hydrogens is 362 g/mol. The van der Waals surface area contributed by atoms with E-state index in [0.29, 0.717) is 17.5 Å². The van der Waals surface area contributed by atoms with Gasteiger partial charge >= 0.3 is 5.97 Å². The van der Waals surface area contributed by atoms with Crippen LogP contribution in [0.5, 0.6) is 5.75 Å². The van der Waals surface area contributed by atoms with E-state index in [4.69, 9.17) is 9.84 Å². The van der Waals surface area contributed by atoms with E-state index < -0.39 is 22.0 Å². The lowest BCUT2D eigenvalue weighted by Gasteiger charge is -2.16. The van der Waals surface area contributed by atoms with Gasteiger partial charge in [0.15, 0.2) is 0 Å². The number of hydrogen-bond acceptors (Lipinski definition) is 4. The standard InChI is InChI=1S/C13H18BrNO5S/c1-3-5-10(13(16)17)15-21(18,19)12-8-9(14)6-7-11(12)20-4-2/h6-8,10,15H,3-5H2,1-2H3,(H,16,17)/t10-/m0/s1. The second-order valence-corrected chi connectivity index (χ2v) is 6.92. The number of hydrogen-bond donors (Lipinski definition) is 2.